The fourth-order valence-electron chi connectivity index (χ4n) is 2.57. The quantitative estimate of drug-likeness (QED) is 0.814. The lowest BCUT2D eigenvalue weighted by Crippen LogP contribution is -2.51. The molecule has 1 fully saturated rings. The van der Waals surface area contributed by atoms with Gasteiger partial charge in [0.15, 0.2) is 11.9 Å². The number of hydrogen-bond donors (Lipinski definition) is 2. The summed E-state index contributed by atoms with van der Waals surface area (Å²) in [6.07, 6.45) is 0.337. The summed E-state index contributed by atoms with van der Waals surface area (Å²) >= 11 is 0. The predicted molar refractivity (Wildman–Crippen MR) is 85.1 cm³/mol. The molecule has 120 valence electrons. The van der Waals surface area contributed by atoms with E-state index in [2.05, 4.69) is 17.6 Å². The Bertz CT molecular complexity index is 544. The van der Waals surface area contributed by atoms with Gasteiger partial charge in [0.05, 0.1) is 0 Å². The number of rotatable bonds is 5. The van der Waals surface area contributed by atoms with Crippen molar-refractivity contribution in [2.45, 2.75) is 39.3 Å². The number of hydrogen-bond acceptors (Lipinski definition) is 4. The van der Waals surface area contributed by atoms with E-state index in [0.717, 1.165) is 19.5 Å². The number of carbonyl (C=O) groups excluding carboxylic acids is 2. The summed E-state index contributed by atoms with van der Waals surface area (Å²) in [5, 5.41) is 6.36. The highest BCUT2D eigenvalue weighted by Crippen LogP contribution is 2.16. The summed E-state index contributed by atoms with van der Waals surface area (Å²) in [6, 6.07) is 7.09. The van der Waals surface area contributed by atoms with Crippen molar-refractivity contribution in [3.8, 4) is 5.75 Å². The van der Waals surface area contributed by atoms with E-state index < -0.39 is 6.10 Å². The van der Waals surface area contributed by atoms with Crippen molar-refractivity contribution >= 4 is 11.7 Å². The van der Waals surface area contributed by atoms with Crippen LogP contribution in [0.3, 0.4) is 0 Å². The van der Waals surface area contributed by atoms with Gasteiger partial charge < -0.3 is 15.4 Å². The number of amides is 1. The van der Waals surface area contributed by atoms with Gasteiger partial charge in [0.25, 0.3) is 5.91 Å². The number of benzene rings is 1. The number of ketones is 1. The molecule has 3 unspecified atom stereocenters. The molecular weight excluding hydrogens is 280 g/mol. The Kier molecular flexibility index (Phi) is 5.55. The Balaban J connectivity index is 1.93. The van der Waals surface area contributed by atoms with Crippen molar-refractivity contribution in [3.63, 3.8) is 0 Å². The summed E-state index contributed by atoms with van der Waals surface area (Å²) in [5.74, 6) is 0.803. The first-order valence-corrected chi connectivity index (χ1v) is 7.76. The molecule has 1 amide bonds. The van der Waals surface area contributed by atoms with Crippen LogP contribution in [0.5, 0.6) is 5.75 Å². The number of piperidine rings is 1. The predicted octanol–water partition coefficient (Wildman–Crippen LogP) is 1.77. The molecule has 0 aromatic heterocycles. The minimum Gasteiger partial charge on any atom is -0.481 e. The van der Waals surface area contributed by atoms with E-state index in [1.807, 2.05) is 0 Å². The van der Waals surface area contributed by atoms with Crippen molar-refractivity contribution < 1.29 is 14.3 Å². The maximum Gasteiger partial charge on any atom is 0.261 e. The van der Waals surface area contributed by atoms with E-state index in [-0.39, 0.29) is 17.7 Å². The lowest BCUT2D eigenvalue weighted by molar-refractivity contribution is -0.128. The maximum atomic E-state index is 12.3. The monoisotopic (exact) mass is 304 g/mol. The third-order valence-electron chi connectivity index (χ3n) is 4.04. The first-order chi connectivity index (χ1) is 10.5. The van der Waals surface area contributed by atoms with E-state index in [1.54, 1.807) is 31.2 Å². The molecule has 1 heterocycles. The minimum absolute atomic E-state index is 0.0221. The van der Waals surface area contributed by atoms with Gasteiger partial charge in [-0.3, -0.25) is 9.59 Å². The van der Waals surface area contributed by atoms with Crippen LogP contribution in [0.4, 0.5) is 0 Å². The largest absolute Gasteiger partial charge is 0.481 e. The molecule has 0 spiro atoms. The average Bonchev–Trinajstić information content (AvgIpc) is 2.49. The van der Waals surface area contributed by atoms with Crippen LogP contribution < -0.4 is 15.4 Å². The van der Waals surface area contributed by atoms with E-state index in [4.69, 9.17) is 4.74 Å². The first-order valence-electron chi connectivity index (χ1n) is 7.76. The van der Waals surface area contributed by atoms with E-state index in [0.29, 0.717) is 17.2 Å². The van der Waals surface area contributed by atoms with Gasteiger partial charge in [-0.2, -0.15) is 0 Å². The van der Waals surface area contributed by atoms with E-state index in [9.17, 15) is 9.59 Å². The van der Waals surface area contributed by atoms with Gasteiger partial charge in [0, 0.05) is 11.6 Å². The molecule has 1 aromatic rings. The Hall–Kier alpha value is -1.88. The second-order valence-corrected chi connectivity index (χ2v) is 5.93. The van der Waals surface area contributed by atoms with Crippen LogP contribution in [0.25, 0.3) is 0 Å². The molecule has 1 aliphatic rings. The van der Waals surface area contributed by atoms with Gasteiger partial charge in [-0.05, 0) is 51.4 Å². The normalized spacial score (nSPS) is 22.7. The molecule has 1 aromatic carbocycles. The number of Topliss-reactive ketones (excluding diaryl/α,β-unsaturated/α-hetero) is 1. The van der Waals surface area contributed by atoms with Crippen LogP contribution in [-0.2, 0) is 4.79 Å². The molecule has 0 radical (unpaired) electrons. The Morgan fingerprint density at radius 3 is 2.86 bits per heavy atom. The molecule has 22 heavy (non-hydrogen) atoms. The van der Waals surface area contributed by atoms with Gasteiger partial charge in [-0.25, -0.2) is 0 Å². The van der Waals surface area contributed by atoms with Crippen molar-refractivity contribution in [3.05, 3.63) is 29.8 Å². The van der Waals surface area contributed by atoms with Crippen LogP contribution in [0, 0.1) is 5.92 Å². The number of ether oxygens (including phenoxy) is 1. The molecule has 3 atom stereocenters. The van der Waals surface area contributed by atoms with Crippen LogP contribution in [0.15, 0.2) is 24.3 Å². The first kappa shape index (κ1) is 16.5. The van der Waals surface area contributed by atoms with Crippen molar-refractivity contribution in [1.82, 2.24) is 10.6 Å². The van der Waals surface area contributed by atoms with Gasteiger partial charge in [-0.15, -0.1) is 0 Å². The summed E-state index contributed by atoms with van der Waals surface area (Å²) < 4.78 is 5.66. The van der Waals surface area contributed by atoms with Crippen molar-refractivity contribution in [2.75, 3.05) is 13.1 Å². The summed E-state index contributed by atoms with van der Waals surface area (Å²) in [6.45, 7) is 7.19. The molecule has 0 saturated carbocycles. The fourth-order valence-corrected chi connectivity index (χ4v) is 2.57. The van der Waals surface area contributed by atoms with Crippen LogP contribution in [-0.4, -0.2) is 36.9 Å². The SMILES string of the molecule is CC(=O)c1cccc(OC(C)C(=O)NC2CCNCC2C)c1. The minimum atomic E-state index is -0.593. The average molecular weight is 304 g/mol. The summed E-state index contributed by atoms with van der Waals surface area (Å²) in [5.41, 5.74) is 0.581. The van der Waals surface area contributed by atoms with E-state index >= 15 is 0 Å². The topological polar surface area (TPSA) is 67.4 Å². The van der Waals surface area contributed by atoms with Gasteiger partial charge in [0.2, 0.25) is 0 Å². The highest BCUT2D eigenvalue weighted by Gasteiger charge is 2.25. The second kappa shape index (κ2) is 7.40. The molecule has 2 rings (SSSR count). The third kappa shape index (κ3) is 4.31. The lowest BCUT2D eigenvalue weighted by atomic mass is 9.95. The molecule has 0 bridgehead atoms. The van der Waals surface area contributed by atoms with Crippen LogP contribution >= 0.6 is 0 Å². The van der Waals surface area contributed by atoms with Crippen LogP contribution in [0.1, 0.15) is 37.6 Å². The smallest absolute Gasteiger partial charge is 0.261 e. The highest BCUT2D eigenvalue weighted by molar-refractivity contribution is 5.94. The highest BCUT2D eigenvalue weighted by atomic mass is 16.5. The second-order valence-electron chi connectivity index (χ2n) is 5.93. The zero-order valence-corrected chi connectivity index (χ0v) is 13.4. The number of nitrogens with one attached hydrogen (secondary N) is 2. The Labute approximate surface area is 131 Å². The molecular formula is C17H24N2O3. The van der Waals surface area contributed by atoms with Gasteiger partial charge >= 0.3 is 0 Å². The summed E-state index contributed by atoms with van der Waals surface area (Å²) in [4.78, 5) is 23.6. The van der Waals surface area contributed by atoms with E-state index in [1.165, 1.54) is 6.92 Å². The number of carbonyl (C=O) groups is 2. The fraction of sp³-hybridized carbons (Fsp3) is 0.529. The molecule has 5 heteroatoms. The third-order valence-corrected chi connectivity index (χ3v) is 4.04. The standard InChI is InChI=1S/C17H24N2O3/c1-11-10-18-8-7-16(11)19-17(21)13(3)22-15-6-4-5-14(9-15)12(2)20/h4-6,9,11,13,16,18H,7-8,10H2,1-3H3,(H,19,21). The van der Waals surface area contributed by atoms with Crippen molar-refractivity contribution in [2.24, 2.45) is 5.92 Å². The van der Waals surface area contributed by atoms with Gasteiger partial charge in [0.1, 0.15) is 5.75 Å². The maximum absolute atomic E-state index is 12.3. The molecule has 1 saturated heterocycles. The van der Waals surface area contributed by atoms with Crippen molar-refractivity contribution in [1.29, 1.82) is 0 Å². The molecule has 0 aliphatic carbocycles. The Morgan fingerprint density at radius 1 is 1.41 bits per heavy atom. The molecule has 1 aliphatic heterocycles. The Morgan fingerprint density at radius 2 is 2.18 bits per heavy atom. The zero-order valence-electron chi connectivity index (χ0n) is 13.4. The van der Waals surface area contributed by atoms with Crippen LogP contribution in [0.2, 0.25) is 0 Å². The van der Waals surface area contributed by atoms with Gasteiger partial charge in [-0.1, -0.05) is 19.1 Å². The zero-order chi connectivity index (χ0) is 16.1. The lowest BCUT2D eigenvalue weighted by Gasteiger charge is -2.31. The summed E-state index contributed by atoms with van der Waals surface area (Å²) in [7, 11) is 0. The molecule has 2 N–H and O–H groups in total. The molecule has 5 nitrogen and oxygen atoms in total.